The summed E-state index contributed by atoms with van der Waals surface area (Å²) in [6.07, 6.45) is 13.2. The number of carbonyl (C=O) groups is 1. The Hall–Kier alpha value is -3.59. The molecular weight excluding hydrogens is 400 g/mol. The highest BCUT2D eigenvalue weighted by Crippen LogP contribution is 2.30. The molecule has 0 aliphatic carbocycles. The molecule has 6 heteroatoms. The molecule has 1 heterocycles. The van der Waals surface area contributed by atoms with Gasteiger partial charge in [0.15, 0.2) is 0 Å². The van der Waals surface area contributed by atoms with Gasteiger partial charge in [0.2, 0.25) is 5.91 Å². The summed E-state index contributed by atoms with van der Waals surface area (Å²) < 4.78 is 5.55. The Morgan fingerprint density at radius 2 is 1.97 bits per heavy atom. The number of benzene rings is 2. The maximum Gasteiger partial charge on any atom is 0.220 e. The summed E-state index contributed by atoms with van der Waals surface area (Å²) in [6, 6.07) is 11.4. The minimum atomic E-state index is 0.0532. The van der Waals surface area contributed by atoms with Crippen LogP contribution in [-0.4, -0.2) is 23.0 Å². The summed E-state index contributed by atoms with van der Waals surface area (Å²) in [5.74, 6) is 4.03. The number of terminal acetylenes is 1. The lowest BCUT2D eigenvalue weighted by Crippen LogP contribution is -2.22. The average Bonchev–Trinajstić information content (AvgIpc) is 2.82. The van der Waals surface area contributed by atoms with Gasteiger partial charge in [0, 0.05) is 41.2 Å². The first-order valence-corrected chi connectivity index (χ1v) is 11.1. The molecular formula is C26H30N4O2. The number of unbranched alkanes of at least 4 members (excludes halogenated alkanes) is 4. The van der Waals surface area contributed by atoms with E-state index in [1.54, 1.807) is 7.11 Å². The molecule has 0 saturated carbocycles. The highest BCUT2D eigenvalue weighted by atomic mass is 16.5. The van der Waals surface area contributed by atoms with Crippen molar-refractivity contribution < 1.29 is 9.53 Å². The smallest absolute Gasteiger partial charge is 0.220 e. The second-order valence-corrected chi connectivity index (χ2v) is 7.69. The second-order valence-electron chi connectivity index (χ2n) is 7.69. The quantitative estimate of drug-likeness (QED) is 0.317. The molecule has 1 amide bonds. The maximum absolute atomic E-state index is 12.3. The first-order chi connectivity index (χ1) is 15.6. The summed E-state index contributed by atoms with van der Waals surface area (Å²) in [4.78, 5) is 21.1. The van der Waals surface area contributed by atoms with Gasteiger partial charge in [-0.2, -0.15) is 0 Å². The van der Waals surface area contributed by atoms with Crippen LogP contribution in [0.2, 0.25) is 0 Å². The van der Waals surface area contributed by atoms with Crippen LogP contribution in [0.5, 0.6) is 5.75 Å². The number of carbonyl (C=O) groups excluding carboxylic acids is 1. The maximum atomic E-state index is 12.3. The standard InChI is InChI=1S/C26H30N4O2/c1-4-6-7-8-9-13-25(31)27-17-20-15-22-23(16-24(20)32-3)28-18-29-26(22)30-21-12-10-11-19(5-2)14-21/h2,10-12,14-16,18H,4,6-9,13,17H2,1,3H3,(H,27,31)(H,28,29,30). The number of fused-ring (bicyclic) bond motifs is 1. The van der Waals surface area contributed by atoms with Crippen molar-refractivity contribution in [3.8, 4) is 18.1 Å². The number of ether oxygens (including phenoxy) is 1. The Bertz CT molecular complexity index is 1100. The molecule has 32 heavy (non-hydrogen) atoms. The highest BCUT2D eigenvalue weighted by Gasteiger charge is 2.12. The van der Waals surface area contributed by atoms with Crippen molar-refractivity contribution in [1.82, 2.24) is 15.3 Å². The largest absolute Gasteiger partial charge is 0.496 e. The molecule has 0 fully saturated rings. The van der Waals surface area contributed by atoms with Gasteiger partial charge in [-0.3, -0.25) is 4.79 Å². The number of rotatable bonds is 11. The molecule has 166 valence electrons. The van der Waals surface area contributed by atoms with E-state index in [0.29, 0.717) is 24.5 Å². The van der Waals surface area contributed by atoms with Crippen molar-refractivity contribution in [3.05, 3.63) is 53.9 Å². The first-order valence-electron chi connectivity index (χ1n) is 11.1. The Balaban J connectivity index is 1.75. The van der Waals surface area contributed by atoms with Gasteiger partial charge >= 0.3 is 0 Å². The number of anilines is 2. The Labute approximate surface area is 189 Å². The summed E-state index contributed by atoms with van der Waals surface area (Å²) in [5, 5.41) is 7.17. The SMILES string of the molecule is C#Cc1cccc(Nc2ncnc3cc(OC)c(CNC(=O)CCCCCCC)cc23)c1. The van der Waals surface area contributed by atoms with Gasteiger partial charge in [0.05, 0.1) is 12.6 Å². The molecule has 0 saturated heterocycles. The van der Waals surface area contributed by atoms with Gasteiger partial charge in [-0.25, -0.2) is 9.97 Å². The Morgan fingerprint density at radius 3 is 2.75 bits per heavy atom. The average molecular weight is 431 g/mol. The third-order valence-corrected chi connectivity index (χ3v) is 5.31. The summed E-state index contributed by atoms with van der Waals surface area (Å²) in [7, 11) is 1.62. The van der Waals surface area contributed by atoms with E-state index in [2.05, 4.69) is 33.4 Å². The van der Waals surface area contributed by atoms with Crippen LogP contribution in [-0.2, 0) is 11.3 Å². The van der Waals surface area contributed by atoms with Crippen molar-refractivity contribution >= 4 is 28.3 Å². The third kappa shape index (κ3) is 6.21. The van der Waals surface area contributed by atoms with Gasteiger partial charge in [0.1, 0.15) is 17.9 Å². The fourth-order valence-corrected chi connectivity index (χ4v) is 3.55. The lowest BCUT2D eigenvalue weighted by Gasteiger charge is -2.14. The van der Waals surface area contributed by atoms with Gasteiger partial charge in [-0.1, -0.05) is 44.6 Å². The van der Waals surface area contributed by atoms with Gasteiger partial charge in [-0.05, 0) is 30.7 Å². The van der Waals surface area contributed by atoms with Crippen LogP contribution in [0.25, 0.3) is 10.9 Å². The summed E-state index contributed by atoms with van der Waals surface area (Å²) in [5.41, 5.74) is 3.25. The minimum absolute atomic E-state index is 0.0532. The number of nitrogens with one attached hydrogen (secondary N) is 2. The number of nitrogens with zero attached hydrogens (tertiary/aromatic N) is 2. The molecule has 3 rings (SSSR count). The minimum Gasteiger partial charge on any atom is -0.496 e. The van der Waals surface area contributed by atoms with E-state index in [9.17, 15) is 4.79 Å². The Morgan fingerprint density at radius 1 is 1.12 bits per heavy atom. The highest BCUT2D eigenvalue weighted by molar-refractivity contribution is 5.92. The molecule has 3 aromatic rings. The monoisotopic (exact) mass is 430 g/mol. The third-order valence-electron chi connectivity index (χ3n) is 5.31. The summed E-state index contributed by atoms with van der Waals surface area (Å²) >= 11 is 0. The second kappa shape index (κ2) is 11.7. The number of methoxy groups -OCH3 is 1. The van der Waals surface area contributed by atoms with Crippen LogP contribution in [0.4, 0.5) is 11.5 Å². The molecule has 2 aromatic carbocycles. The normalized spacial score (nSPS) is 10.5. The van der Waals surface area contributed by atoms with Crippen LogP contribution in [0.1, 0.15) is 56.6 Å². The lowest BCUT2D eigenvalue weighted by molar-refractivity contribution is -0.121. The Kier molecular flexibility index (Phi) is 8.44. The number of aromatic nitrogens is 2. The molecule has 6 nitrogen and oxygen atoms in total. The topological polar surface area (TPSA) is 76.1 Å². The van der Waals surface area contributed by atoms with Gasteiger partial charge in [-0.15, -0.1) is 6.42 Å². The van der Waals surface area contributed by atoms with E-state index in [4.69, 9.17) is 11.2 Å². The molecule has 0 atom stereocenters. The summed E-state index contributed by atoms with van der Waals surface area (Å²) in [6.45, 7) is 2.57. The fourth-order valence-electron chi connectivity index (χ4n) is 3.55. The molecule has 0 bridgehead atoms. The zero-order valence-electron chi connectivity index (χ0n) is 18.8. The molecule has 1 aromatic heterocycles. The van der Waals surface area contributed by atoms with Crippen LogP contribution >= 0.6 is 0 Å². The predicted molar refractivity (Wildman–Crippen MR) is 129 cm³/mol. The van der Waals surface area contributed by atoms with Crippen LogP contribution < -0.4 is 15.4 Å². The zero-order valence-corrected chi connectivity index (χ0v) is 18.8. The molecule has 0 unspecified atom stereocenters. The molecule has 0 aliphatic heterocycles. The fraction of sp³-hybridized carbons (Fsp3) is 0.346. The van der Waals surface area contributed by atoms with Crippen molar-refractivity contribution in [1.29, 1.82) is 0 Å². The van der Waals surface area contributed by atoms with E-state index >= 15 is 0 Å². The van der Waals surface area contributed by atoms with Crippen molar-refractivity contribution in [3.63, 3.8) is 0 Å². The van der Waals surface area contributed by atoms with E-state index in [1.165, 1.54) is 25.6 Å². The zero-order chi connectivity index (χ0) is 22.8. The van der Waals surface area contributed by atoms with Crippen molar-refractivity contribution in [2.75, 3.05) is 12.4 Å². The lowest BCUT2D eigenvalue weighted by atomic mass is 10.1. The predicted octanol–water partition coefficient (Wildman–Crippen LogP) is 5.34. The number of hydrogen-bond acceptors (Lipinski definition) is 5. The van der Waals surface area contributed by atoms with Crippen molar-refractivity contribution in [2.45, 2.75) is 52.0 Å². The van der Waals surface area contributed by atoms with Crippen LogP contribution in [0, 0.1) is 12.3 Å². The van der Waals surface area contributed by atoms with Crippen LogP contribution in [0.3, 0.4) is 0 Å². The van der Waals surface area contributed by atoms with E-state index < -0.39 is 0 Å². The molecule has 0 spiro atoms. The van der Waals surface area contributed by atoms with E-state index in [1.807, 2.05) is 36.4 Å². The molecule has 0 aliphatic rings. The van der Waals surface area contributed by atoms with Crippen LogP contribution in [0.15, 0.2) is 42.7 Å². The van der Waals surface area contributed by atoms with E-state index in [0.717, 1.165) is 40.6 Å². The van der Waals surface area contributed by atoms with Crippen molar-refractivity contribution in [2.24, 2.45) is 0 Å². The van der Waals surface area contributed by atoms with E-state index in [-0.39, 0.29) is 5.91 Å². The van der Waals surface area contributed by atoms with Gasteiger partial charge in [0.25, 0.3) is 0 Å². The first kappa shape index (κ1) is 23.1. The number of hydrogen-bond donors (Lipinski definition) is 2. The number of amides is 1. The molecule has 0 radical (unpaired) electrons. The van der Waals surface area contributed by atoms with Gasteiger partial charge < -0.3 is 15.4 Å². The molecule has 2 N–H and O–H groups in total.